The number of nitrogens with two attached hydrogens (primary N) is 1. The van der Waals surface area contributed by atoms with Gasteiger partial charge in [0.2, 0.25) is 11.8 Å². The number of nitrogens with zero attached hydrogens (tertiary/aromatic N) is 2. The number of benzene rings is 1. The van der Waals surface area contributed by atoms with Crippen LogP contribution in [0.15, 0.2) is 30.3 Å². The monoisotopic (exact) mass is 303 g/mol. The Morgan fingerprint density at radius 1 is 1.41 bits per heavy atom. The Labute approximate surface area is 132 Å². The second kappa shape index (κ2) is 7.40. The van der Waals surface area contributed by atoms with Crippen LogP contribution in [0.5, 0.6) is 0 Å². The molecule has 5 heteroatoms. The first kappa shape index (κ1) is 16.5. The van der Waals surface area contributed by atoms with Gasteiger partial charge in [0.1, 0.15) is 6.04 Å². The highest BCUT2D eigenvalue weighted by atomic mass is 16.2. The van der Waals surface area contributed by atoms with Crippen LogP contribution in [0, 0.1) is 0 Å². The number of para-hydroxylation sites is 1. The molecule has 120 valence electrons. The van der Waals surface area contributed by atoms with E-state index in [0.29, 0.717) is 19.4 Å². The fourth-order valence-electron chi connectivity index (χ4n) is 2.78. The van der Waals surface area contributed by atoms with E-state index >= 15 is 0 Å². The van der Waals surface area contributed by atoms with E-state index in [1.165, 1.54) is 0 Å². The van der Waals surface area contributed by atoms with Crippen molar-refractivity contribution in [2.75, 3.05) is 18.5 Å². The van der Waals surface area contributed by atoms with E-state index in [9.17, 15) is 9.59 Å². The highest BCUT2D eigenvalue weighted by molar-refractivity contribution is 5.99. The molecule has 1 fully saturated rings. The van der Waals surface area contributed by atoms with Crippen LogP contribution in [0.25, 0.3) is 0 Å². The molecular formula is C17H25N3O2. The van der Waals surface area contributed by atoms with Crippen LogP contribution in [0.4, 0.5) is 5.69 Å². The molecule has 2 amide bonds. The van der Waals surface area contributed by atoms with Crippen molar-refractivity contribution < 1.29 is 9.59 Å². The number of piperidine rings is 1. The summed E-state index contributed by atoms with van der Waals surface area (Å²) in [7, 11) is 1.72. The molecule has 0 bridgehead atoms. The summed E-state index contributed by atoms with van der Waals surface area (Å²) >= 11 is 0. The second-order valence-corrected chi connectivity index (χ2v) is 6.00. The first-order valence-corrected chi connectivity index (χ1v) is 7.88. The van der Waals surface area contributed by atoms with Crippen molar-refractivity contribution >= 4 is 17.5 Å². The summed E-state index contributed by atoms with van der Waals surface area (Å²) in [5, 5.41) is 0. The molecule has 0 aliphatic carbocycles. The minimum Gasteiger partial charge on any atom is -0.334 e. The Morgan fingerprint density at radius 3 is 2.73 bits per heavy atom. The predicted octanol–water partition coefficient (Wildman–Crippen LogP) is 1.77. The third-order valence-electron chi connectivity index (χ3n) is 4.15. The van der Waals surface area contributed by atoms with Gasteiger partial charge in [-0.25, -0.2) is 0 Å². The summed E-state index contributed by atoms with van der Waals surface area (Å²) in [5.74, 6) is -0.000316. The zero-order chi connectivity index (χ0) is 16.1. The van der Waals surface area contributed by atoms with E-state index in [1.54, 1.807) is 16.8 Å². The van der Waals surface area contributed by atoms with Crippen molar-refractivity contribution in [3.8, 4) is 0 Å². The van der Waals surface area contributed by atoms with Gasteiger partial charge in [-0.15, -0.1) is 0 Å². The number of hydrogen-bond acceptors (Lipinski definition) is 3. The van der Waals surface area contributed by atoms with E-state index in [2.05, 4.69) is 0 Å². The van der Waals surface area contributed by atoms with Crippen molar-refractivity contribution in [1.29, 1.82) is 0 Å². The predicted molar refractivity (Wildman–Crippen MR) is 87.5 cm³/mol. The maximum atomic E-state index is 12.7. The summed E-state index contributed by atoms with van der Waals surface area (Å²) in [6.07, 6.45) is 2.66. The third-order valence-corrected chi connectivity index (χ3v) is 4.15. The summed E-state index contributed by atoms with van der Waals surface area (Å²) in [6.45, 7) is 2.59. The van der Waals surface area contributed by atoms with Crippen LogP contribution in [0.3, 0.4) is 0 Å². The summed E-state index contributed by atoms with van der Waals surface area (Å²) in [4.78, 5) is 28.3. The van der Waals surface area contributed by atoms with Gasteiger partial charge in [-0.3, -0.25) is 9.59 Å². The maximum absolute atomic E-state index is 12.7. The molecule has 0 spiro atoms. The summed E-state index contributed by atoms with van der Waals surface area (Å²) in [5.41, 5.74) is 6.60. The number of likely N-dealkylation sites (N-methyl/N-ethyl adjacent to an activating group) is 1. The molecule has 2 N–H and O–H groups in total. The van der Waals surface area contributed by atoms with Gasteiger partial charge >= 0.3 is 0 Å². The quantitative estimate of drug-likeness (QED) is 0.901. The Morgan fingerprint density at radius 2 is 2.09 bits per heavy atom. The highest BCUT2D eigenvalue weighted by Gasteiger charge is 2.34. The Bertz CT molecular complexity index is 516. The lowest BCUT2D eigenvalue weighted by molar-refractivity contribution is -0.139. The normalized spacial score (nSPS) is 19.9. The first-order chi connectivity index (χ1) is 10.5. The minimum absolute atomic E-state index is 0.000208. The third kappa shape index (κ3) is 3.85. The average molecular weight is 303 g/mol. The zero-order valence-corrected chi connectivity index (χ0v) is 13.4. The maximum Gasteiger partial charge on any atom is 0.249 e. The topological polar surface area (TPSA) is 66.6 Å². The summed E-state index contributed by atoms with van der Waals surface area (Å²) in [6, 6.07) is 9.26. The molecule has 2 atom stereocenters. The van der Waals surface area contributed by atoms with Crippen LogP contribution in [-0.2, 0) is 9.59 Å². The van der Waals surface area contributed by atoms with Crippen LogP contribution >= 0.6 is 0 Å². The number of hydrogen-bond donors (Lipinski definition) is 1. The van der Waals surface area contributed by atoms with Crippen LogP contribution in [0.1, 0.15) is 32.6 Å². The molecular weight excluding hydrogens is 278 g/mol. The van der Waals surface area contributed by atoms with E-state index in [4.69, 9.17) is 5.73 Å². The molecule has 1 heterocycles. The highest BCUT2D eigenvalue weighted by Crippen LogP contribution is 2.23. The molecule has 1 aromatic carbocycles. The number of carbonyl (C=O) groups is 2. The van der Waals surface area contributed by atoms with Gasteiger partial charge in [0.25, 0.3) is 0 Å². The smallest absolute Gasteiger partial charge is 0.249 e. The summed E-state index contributed by atoms with van der Waals surface area (Å²) < 4.78 is 0. The van der Waals surface area contributed by atoms with Gasteiger partial charge < -0.3 is 15.5 Å². The Balaban J connectivity index is 2.05. The molecule has 1 aliphatic heterocycles. The van der Waals surface area contributed by atoms with Crippen LogP contribution in [0.2, 0.25) is 0 Å². The van der Waals surface area contributed by atoms with Crippen molar-refractivity contribution in [2.24, 2.45) is 5.73 Å². The van der Waals surface area contributed by atoms with Gasteiger partial charge in [-0.2, -0.15) is 0 Å². The van der Waals surface area contributed by atoms with Gasteiger partial charge in [-0.1, -0.05) is 18.2 Å². The zero-order valence-electron chi connectivity index (χ0n) is 13.4. The van der Waals surface area contributed by atoms with Crippen molar-refractivity contribution in [2.45, 2.75) is 44.7 Å². The molecule has 22 heavy (non-hydrogen) atoms. The van der Waals surface area contributed by atoms with Gasteiger partial charge in [-0.05, 0) is 38.3 Å². The number of rotatable bonds is 5. The lowest BCUT2D eigenvalue weighted by Crippen LogP contribution is -2.53. The van der Waals surface area contributed by atoms with Crippen molar-refractivity contribution in [3.05, 3.63) is 30.3 Å². The molecule has 2 unspecified atom stereocenters. The molecule has 1 aromatic rings. The minimum atomic E-state index is -0.366. The number of amides is 2. The Hall–Kier alpha value is -1.88. The van der Waals surface area contributed by atoms with Gasteiger partial charge in [0.05, 0.1) is 0 Å². The molecule has 2 rings (SSSR count). The lowest BCUT2D eigenvalue weighted by Gasteiger charge is -2.37. The van der Waals surface area contributed by atoms with Crippen LogP contribution < -0.4 is 10.6 Å². The number of anilines is 1. The average Bonchev–Trinajstić information content (AvgIpc) is 2.53. The molecule has 1 aliphatic rings. The Kier molecular flexibility index (Phi) is 5.55. The first-order valence-electron chi connectivity index (χ1n) is 7.88. The number of carbonyl (C=O) groups excluding carboxylic acids is 2. The SMILES string of the molecule is CC(N)CCC(=O)N(C)C1CCCN(c2ccccc2)C1=O. The van der Waals surface area contributed by atoms with Crippen LogP contribution in [-0.4, -0.2) is 42.4 Å². The second-order valence-electron chi connectivity index (χ2n) is 6.00. The molecule has 1 saturated heterocycles. The fourth-order valence-corrected chi connectivity index (χ4v) is 2.78. The van der Waals surface area contributed by atoms with E-state index < -0.39 is 0 Å². The lowest BCUT2D eigenvalue weighted by atomic mass is 10.0. The molecule has 0 saturated carbocycles. The molecule has 0 aromatic heterocycles. The van der Waals surface area contributed by atoms with Gasteiger partial charge in [0, 0.05) is 31.7 Å². The van der Waals surface area contributed by atoms with E-state index in [0.717, 1.165) is 18.5 Å². The molecule has 5 nitrogen and oxygen atoms in total. The van der Waals surface area contributed by atoms with E-state index in [1.807, 2.05) is 37.3 Å². The largest absolute Gasteiger partial charge is 0.334 e. The standard InChI is InChI=1S/C17H25N3O2/c1-13(18)10-11-16(21)19(2)15-9-6-12-20(17(15)22)14-7-4-3-5-8-14/h3-5,7-8,13,15H,6,9-12,18H2,1-2H3. The van der Waals surface area contributed by atoms with Crippen molar-refractivity contribution in [1.82, 2.24) is 4.90 Å². The fraction of sp³-hybridized carbons (Fsp3) is 0.529. The van der Waals surface area contributed by atoms with Gasteiger partial charge in [0.15, 0.2) is 0 Å². The molecule has 0 radical (unpaired) electrons. The van der Waals surface area contributed by atoms with Crippen molar-refractivity contribution in [3.63, 3.8) is 0 Å². The van der Waals surface area contributed by atoms with E-state index in [-0.39, 0.29) is 23.9 Å².